The summed E-state index contributed by atoms with van der Waals surface area (Å²) in [5, 5.41) is 0.401. The first-order valence-corrected chi connectivity index (χ1v) is 5.41. The highest BCUT2D eigenvalue weighted by molar-refractivity contribution is 8.00. The Labute approximate surface area is 89.2 Å². The molecule has 0 aliphatic heterocycles. The van der Waals surface area contributed by atoms with Crippen LogP contribution in [0.3, 0.4) is 0 Å². The van der Waals surface area contributed by atoms with Gasteiger partial charge >= 0.3 is 0 Å². The van der Waals surface area contributed by atoms with Crippen LogP contribution < -0.4 is 0 Å². The number of thioether (sulfide) groups is 1. The summed E-state index contributed by atoms with van der Waals surface area (Å²) < 4.78 is 0. The molecule has 0 aromatic heterocycles. The molecule has 14 heavy (non-hydrogen) atoms. The third kappa shape index (κ3) is 3.04. The van der Waals surface area contributed by atoms with Crippen LogP contribution in [0.25, 0.3) is 0 Å². The second kappa shape index (κ2) is 5.01. The van der Waals surface area contributed by atoms with Crippen LogP contribution in [0.5, 0.6) is 0 Å². The molecule has 1 aromatic rings. The number of carbonyl (C=O) groups excluding carboxylic acids is 1. The molecular formula is C12H14OS. The third-order valence-corrected chi connectivity index (χ3v) is 3.02. The normalized spacial score (nSPS) is 12.1. The van der Waals surface area contributed by atoms with Gasteiger partial charge in [0.25, 0.3) is 0 Å². The van der Waals surface area contributed by atoms with E-state index >= 15 is 0 Å². The molecule has 1 unspecified atom stereocenters. The number of hydrogen-bond acceptors (Lipinski definition) is 2. The Hall–Kier alpha value is -1.02. The molecule has 0 aliphatic carbocycles. The maximum absolute atomic E-state index is 11.0. The minimum absolute atomic E-state index is 0.110. The number of rotatable bonds is 4. The molecule has 0 amide bonds. The van der Waals surface area contributed by atoms with Gasteiger partial charge in [0.1, 0.15) is 0 Å². The lowest BCUT2D eigenvalue weighted by molar-refractivity contribution is 0.101. The third-order valence-electron chi connectivity index (χ3n) is 1.91. The van der Waals surface area contributed by atoms with Crippen LogP contribution >= 0.6 is 11.8 Å². The molecule has 1 nitrogen and oxygen atoms in total. The van der Waals surface area contributed by atoms with Crippen molar-refractivity contribution in [2.45, 2.75) is 24.0 Å². The fourth-order valence-electron chi connectivity index (χ4n) is 1.03. The summed E-state index contributed by atoms with van der Waals surface area (Å²) in [7, 11) is 0. The van der Waals surface area contributed by atoms with E-state index in [2.05, 4.69) is 13.5 Å². The van der Waals surface area contributed by atoms with Gasteiger partial charge in [0.05, 0.1) is 0 Å². The van der Waals surface area contributed by atoms with E-state index in [0.717, 1.165) is 5.56 Å². The lowest BCUT2D eigenvalue weighted by Gasteiger charge is -2.05. The lowest BCUT2D eigenvalue weighted by Crippen LogP contribution is -1.92. The van der Waals surface area contributed by atoms with Crippen LogP contribution in [0, 0.1) is 0 Å². The zero-order chi connectivity index (χ0) is 10.6. The molecule has 0 N–H and O–H groups in total. The Bertz CT molecular complexity index is 327. The molecule has 0 spiro atoms. The number of ketones is 1. The number of Topliss-reactive ketones (excluding diaryl/α,β-unsaturated/α-hetero) is 1. The van der Waals surface area contributed by atoms with Gasteiger partial charge < -0.3 is 0 Å². The molecule has 1 atom stereocenters. The largest absolute Gasteiger partial charge is 0.295 e. The molecule has 0 saturated carbocycles. The van der Waals surface area contributed by atoms with Crippen molar-refractivity contribution in [1.82, 2.24) is 0 Å². The lowest BCUT2D eigenvalue weighted by atomic mass is 10.2. The average Bonchev–Trinajstić information content (AvgIpc) is 2.18. The van der Waals surface area contributed by atoms with Crippen LogP contribution in [0.2, 0.25) is 0 Å². The smallest absolute Gasteiger partial charge is 0.159 e. The molecule has 0 heterocycles. The molecule has 0 bridgehead atoms. The van der Waals surface area contributed by atoms with Crippen molar-refractivity contribution in [2.24, 2.45) is 0 Å². The molecule has 0 aliphatic rings. The fraction of sp³-hybridized carbons (Fsp3) is 0.250. The van der Waals surface area contributed by atoms with Crippen molar-refractivity contribution in [3.05, 3.63) is 42.5 Å². The monoisotopic (exact) mass is 206 g/mol. The quantitative estimate of drug-likeness (QED) is 0.425. The minimum Gasteiger partial charge on any atom is -0.295 e. The first-order valence-electron chi connectivity index (χ1n) is 4.53. The molecule has 0 fully saturated rings. The first kappa shape index (κ1) is 11.1. The standard InChI is InChI=1S/C12H14OS/c1-4-9(2)14-12-7-5-11(6-8-12)10(3)13/h4-9H,1H2,2-3H3. The Balaban J connectivity index is 2.73. The van der Waals surface area contributed by atoms with Crippen LogP contribution in [0.15, 0.2) is 41.8 Å². The van der Waals surface area contributed by atoms with E-state index in [4.69, 9.17) is 0 Å². The summed E-state index contributed by atoms with van der Waals surface area (Å²) in [6.07, 6.45) is 1.91. The maximum Gasteiger partial charge on any atom is 0.159 e. The van der Waals surface area contributed by atoms with E-state index < -0.39 is 0 Å². The average molecular weight is 206 g/mol. The van der Waals surface area contributed by atoms with E-state index in [1.165, 1.54) is 4.90 Å². The van der Waals surface area contributed by atoms with Crippen LogP contribution in [0.4, 0.5) is 0 Å². The molecule has 1 rings (SSSR count). The van der Waals surface area contributed by atoms with E-state index in [1.54, 1.807) is 18.7 Å². The van der Waals surface area contributed by atoms with Crippen molar-refractivity contribution in [2.75, 3.05) is 0 Å². The highest BCUT2D eigenvalue weighted by Gasteiger charge is 2.01. The van der Waals surface area contributed by atoms with E-state index in [1.807, 2.05) is 30.3 Å². The minimum atomic E-state index is 0.110. The predicted molar refractivity (Wildman–Crippen MR) is 62.0 cm³/mol. The number of benzene rings is 1. The second-order valence-electron chi connectivity index (χ2n) is 3.14. The zero-order valence-corrected chi connectivity index (χ0v) is 9.30. The Morgan fingerprint density at radius 1 is 1.43 bits per heavy atom. The summed E-state index contributed by atoms with van der Waals surface area (Å²) in [6, 6.07) is 7.67. The zero-order valence-electron chi connectivity index (χ0n) is 8.49. The van der Waals surface area contributed by atoms with Gasteiger partial charge in [-0.2, -0.15) is 0 Å². The summed E-state index contributed by atoms with van der Waals surface area (Å²) in [4.78, 5) is 12.2. The van der Waals surface area contributed by atoms with Crippen molar-refractivity contribution in [3.8, 4) is 0 Å². The van der Waals surface area contributed by atoms with Gasteiger partial charge in [-0.1, -0.05) is 18.2 Å². The topological polar surface area (TPSA) is 17.1 Å². The van der Waals surface area contributed by atoms with E-state index in [-0.39, 0.29) is 5.78 Å². The van der Waals surface area contributed by atoms with Gasteiger partial charge in [-0.15, -0.1) is 18.3 Å². The van der Waals surface area contributed by atoms with Crippen LogP contribution in [0.1, 0.15) is 24.2 Å². The summed E-state index contributed by atoms with van der Waals surface area (Å²) in [5.74, 6) is 0.110. The predicted octanol–water partition coefficient (Wildman–Crippen LogP) is 3.56. The van der Waals surface area contributed by atoms with Crippen LogP contribution in [-0.4, -0.2) is 11.0 Å². The molecule has 1 aromatic carbocycles. The number of carbonyl (C=O) groups is 1. The summed E-state index contributed by atoms with van der Waals surface area (Å²) in [5.41, 5.74) is 0.764. The van der Waals surface area contributed by atoms with Gasteiger partial charge in [0, 0.05) is 15.7 Å². The van der Waals surface area contributed by atoms with Crippen molar-refractivity contribution >= 4 is 17.5 Å². The van der Waals surface area contributed by atoms with Gasteiger partial charge in [-0.05, 0) is 26.0 Å². The van der Waals surface area contributed by atoms with E-state index in [9.17, 15) is 4.79 Å². The molecule has 0 radical (unpaired) electrons. The first-order chi connectivity index (χ1) is 6.63. The Morgan fingerprint density at radius 3 is 2.43 bits per heavy atom. The maximum atomic E-state index is 11.0. The van der Waals surface area contributed by atoms with Gasteiger partial charge in [0.2, 0.25) is 0 Å². The van der Waals surface area contributed by atoms with Gasteiger partial charge in [0.15, 0.2) is 5.78 Å². The molecule has 2 heteroatoms. The Morgan fingerprint density at radius 2 is 2.00 bits per heavy atom. The van der Waals surface area contributed by atoms with Crippen molar-refractivity contribution < 1.29 is 4.79 Å². The second-order valence-corrected chi connectivity index (χ2v) is 4.59. The highest BCUT2D eigenvalue weighted by atomic mass is 32.2. The molecule has 74 valence electrons. The Kier molecular flexibility index (Phi) is 3.96. The van der Waals surface area contributed by atoms with Gasteiger partial charge in [-0.25, -0.2) is 0 Å². The van der Waals surface area contributed by atoms with Crippen LogP contribution in [-0.2, 0) is 0 Å². The van der Waals surface area contributed by atoms with Crippen molar-refractivity contribution in [1.29, 1.82) is 0 Å². The van der Waals surface area contributed by atoms with Gasteiger partial charge in [-0.3, -0.25) is 4.79 Å². The molecular weight excluding hydrogens is 192 g/mol. The highest BCUT2D eigenvalue weighted by Crippen LogP contribution is 2.23. The number of hydrogen-bond donors (Lipinski definition) is 0. The summed E-state index contributed by atoms with van der Waals surface area (Å²) in [6.45, 7) is 7.40. The van der Waals surface area contributed by atoms with Crippen molar-refractivity contribution in [3.63, 3.8) is 0 Å². The SMILES string of the molecule is C=CC(C)Sc1ccc(C(C)=O)cc1. The molecule has 0 saturated heterocycles. The van der Waals surface area contributed by atoms with E-state index in [0.29, 0.717) is 5.25 Å². The summed E-state index contributed by atoms with van der Waals surface area (Å²) >= 11 is 1.73. The fourth-order valence-corrected chi connectivity index (χ4v) is 1.85.